The lowest BCUT2D eigenvalue weighted by atomic mass is 9.98. The first kappa shape index (κ1) is 29.6. The van der Waals surface area contributed by atoms with Gasteiger partial charge < -0.3 is 30.3 Å². The molecule has 2 aliphatic rings. The van der Waals surface area contributed by atoms with Gasteiger partial charge in [-0.15, -0.1) is 0 Å². The maximum absolute atomic E-state index is 13.9. The molecule has 0 unspecified atom stereocenters. The van der Waals surface area contributed by atoms with Gasteiger partial charge in [0.05, 0.1) is 37.1 Å². The summed E-state index contributed by atoms with van der Waals surface area (Å²) in [5.41, 5.74) is 2.84. The standard InChI is InChI=1S/C30H35F3N6O3/c1-38(14-15-40)20-10-12-39(13-11-20)21-7-9-26(27(16-21)42-2)37-29-34-18-23(30(31,32)33)25(36-29)8-6-19-4-3-5-24-22(19)17-28(41)35-24/h3-5,7,9,16,18,20,40H,6,8,10-15,17H2,1-2H3,(H,35,41)(H,34,36,37). The number of nitrogens with zero attached hydrogens (tertiary/aromatic N) is 4. The molecule has 12 heteroatoms. The van der Waals surface area contributed by atoms with E-state index < -0.39 is 11.7 Å². The Hall–Kier alpha value is -3.90. The lowest BCUT2D eigenvalue weighted by molar-refractivity contribution is -0.138. The topological polar surface area (TPSA) is 103 Å². The predicted molar refractivity (Wildman–Crippen MR) is 154 cm³/mol. The Morgan fingerprint density at radius 2 is 1.98 bits per heavy atom. The Labute approximate surface area is 242 Å². The highest BCUT2D eigenvalue weighted by Crippen LogP contribution is 2.35. The number of halogens is 3. The van der Waals surface area contributed by atoms with Crippen molar-refractivity contribution in [1.82, 2.24) is 14.9 Å². The van der Waals surface area contributed by atoms with E-state index in [0.717, 1.165) is 48.9 Å². The van der Waals surface area contributed by atoms with Gasteiger partial charge in [0.25, 0.3) is 0 Å². The molecular weight excluding hydrogens is 549 g/mol. The number of rotatable bonds is 10. The zero-order chi connectivity index (χ0) is 29.9. The summed E-state index contributed by atoms with van der Waals surface area (Å²) < 4.78 is 47.2. The number of carbonyl (C=O) groups excluding carboxylic acids is 1. The Morgan fingerprint density at radius 1 is 1.19 bits per heavy atom. The Bertz CT molecular complexity index is 1430. The number of ether oxygens (including phenoxy) is 1. The molecule has 0 aliphatic carbocycles. The number of hydrogen-bond acceptors (Lipinski definition) is 8. The van der Waals surface area contributed by atoms with Crippen LogP contribution in [-0.4, -0.2) is 72.3 Å². The normalized spacial score (nSPS) is 15.6. The number of likely N-dealkylation sites (N-methyl/N-ethyl adjacent to an activating group) is 1. The lowest BCUT2D eigenvalue weighted by Gasteiger charge is -2.37. The van der Waals surface area contributed by atoms with E-state index in [2.05, 4.69) is 30.4 Å². The smallest absolute Gasteiger partial charge is 0.419 e. The number of carbonyl (C=O) groups is 1. The van der Waals surface area contributed by atoms with Crippen LogP contribution in [0.4, 0.5) is 36.2 Å². The molecule has 224 valence electrons. The number of aryl methyl sites for hydroxylation is 2. The summed E-state index contributed by atoms with van der Waals surface area (Å²) in [6.07, 6.45) is -1.33. The fraction of sp³-hybridized carbons (Fsp3) is 0.433. The highest BCUT2D eigenvalue weighted by molar-refractivity contribution is 5.99. The van der Waals surface area contributed by atoms with Crippen molar-refractivity contribution in [2.45, 2.75) is 44.3 Å². The largest absolute Gasteiger partial charge is 0.494 e. The number of hydrogen-bond donors (Lipinski definition) is 3. The van der Waals surface area contributed by atoms with Gasteiger partial charge >= 0.3 is 6.18 Å². The zero-order valence-corrected chi connectivity index (χ0v) is 23.7. The van der Waals surface area contributed by atoms with Crippen LogP contribution in [0, 0.1) is 0 Å². The second-order valence-electron chi connectivity index (χ2n) is 10.7. The van der Waals surface area contributed by atoms with Crippen molar-refractivity contribution in [3.63, 3.8) is 0 Å². The molecule has 3 aromatic rings. The minimum absolute atomic E-state index is 0.0240. The quantitative estimate of drug-likeness (QED) is 0.322. The fourth-order valence-electron chi connectivity index (χ4n) is 5.71. The molecule has 3 heterocycles. The number of alkyl halides is 3. The molecule has 5 rings (SSSR count). The summed E-state index contributed by atoms with van der Waals surface area (Å²) >= 11 is 0. The summed E-state index contributed by atoms with van der Waals surface area (Å²) in [5, 5.41) is 15.0. The average Bonchev–Trinajstić information content (AvgIpc) is 3.37. The number of fused-ring (bicyclic) bond motifs is 1. The Kier molecular flexibility index (Phi) is 8.83. The van der Waals surface area contributed by atoms with Crippen LogP contribution >= 0.6 is 0 Å². The van der Waals surface area contributed by atoms with Crippen molar-refractivity contribution in [3.05, 3.63) is 65.0 Å². The van der Waals surface area contributed by atoms with Gasteiger partial charge in [-0.25, -0.2) is 9.97 Å². The van der Waals surface area contributed by atoms with Crippen molar-refractivity contribution < 1.29 is 27.8 Å². The molecule has 9 nitrogen and oxygen atoms in total. The molecule has 0 spiro atoms. The first-order chi connectivity index (χ1) is 20.2. The second-order valence-corrected chi connectivity index (χ2v) is 10.7. The number of methoxy groups -OCH3 is 1. The summed E-state index contributed by atoms with van der Waals surface area (Å²) in [4.78, 5) is 24.5. The van der Waals surface area contributed by atoms with Gasteiger partial charge in [0.15, 0.2) is 0 Å². The van der Waals surface area contributed by atoms with Gasteiger partial charge in [-0.2, -0.15) is 13.2 Å². The van der Waals surface area contributed by atoms with Crippen molar-refractivity contribution in [3.8, 4) is 5.75 Å². The van der Waals surface area contributed by atoms with Crippen LogP contribution in [0.2, 0.25) is 0 Å². The molecule has 2 aromatic carbocycles. The fourth-order valence-corrected chi connectivity index (χ4v) is 5.71. The maximum Gasteiger partial charge on any atom is 0.419 e. The number of aromatic nitrogens is 2. The molecule has 1 saturated heterocycles. The van der Waals surface area contributed by atoms with E-state index in [1.54, 1.807) is 12.1 Å². The van der Waals surface area contributed by atoms with E-state index in [0.29, 0.717) is 36.1 Å². The molecule has 0 atom stereocenters. The number of aliphatic hydroxyl groups is 1. The van der Waals surface area contributed by atoms with Gasteiger partial charge in [-0.3, -0.25) is 4.79 Å². The van der Waals surface area contributed by atoms with Gasteiger partial charge in [-0.1, -0.05) is 12.1 Å². The van der Waals surface area contributed by atoms with E-state index in [9.17, 15) is 23.1 Å². The van der Waals surface area contributed by atoms with E-state index in [1.165, 1.54) is 7.11 Å². The van der Waals surface area contributed by atoms with Crippen LogP contribution in [0.5, 0.6) is 5.75 Å². The third kappa shape index (κ3) is 6.60. The molecule has 0 saturated carbocycles. The summed E-state index contributed by atoms with van der Waals surface area (Å²) in [6, 6.07) is 11.5. The first-order valence-electron chi connectivity index (χ1n) is 14.0. The van der Waals surface area contributed by atoms with Gasteiger partial charge in [0.1, 0.15) is 5.75 Å². The average molecular weight is 585 g/mol. The molecular formula is C30H35F3N6O3. The maximum atomic E-state index is 13.9. The van der Waals surface area contributed by atoms with Crippen LogP contribution in [0.3, 0.4) is 0 Å². The molecule has 1 amide bonds. The van der Waals surface area contributed by atoms with E-state index in [-0.39, 0.29) is 37.0 Å². The van der Waals surface area contributed by atoms with Crippen molar-refractivity contribution in [2.24, 2.45) is 0 Å². The number of piperidine rings is 1. The number of anilines is 4. The molecule has 0 radical (unpaired) electrons. The number of aliphatic hydroxyl groups excluding tert-OH is 1. The van der Waals surface area contributed by atoms with Crippen LogP contribution in [0.15, 0.2) is 42.6 Å². The molecule has 0 bridgehead atoms. The summed E-state index contributed by atoms with van der Waals surface area (Å²) in [7, 11) is 3.57. The van der Waals surface area contributed by atoms with Crippen LogP contribution in [-0.2, 0) is 30.2 Å². The monoisotopic (exact) mass is 584 g/mol. The van der Waals surface area contributed by atoms with Crippen molar-refractivity contribution in [2.75, 3.05) is 55.9 Å². The number of benzene rings is 2. The highest BCUT2D eigenvalue weighted by atomic mass is 19.4. The molecule has 2 aliphatic heterocycles. The Balaban J connectivity index is 1.32. The minimum atomic E-state index is -4.61. The van der Waals surface area contributed by atoms with Crippen LogP contribution < -0.4 is 20.3 Å². The Morgan fingerprint density at radius 3 is 2.69 bits per heavy atom. The van der Waals surface area contributed by atoms with Crippen molar-refractivity contribution in [1.29, 1.82) is 0 Å². The molecule has 1 aromatic heterocycles. The highest BCUT2D eigenvalue weighted by Gasteiger charge is 2.35. The van der Waals surface area contributed by atoms with Gasteiger partial charge in [-0.05, 0) is 62.1 Å². The minimum Gasteiger partial charge on any atom is -0.494 e. The van der Waals surface area contributed by atoms with Crippen LogP contribution in [0.25, 0.3) is 0 Å². The SMILES string of the molecule is COc1cc(N2CCC(N(C)CCO)CC2)ccc1Nc1ncc(C(F)(F)F)c(CCc2cccc3c2CC(=O)N3)n1. The number of amides is 1. The van der Waals surface area contributed by atoms with Gasteiger partial charge in [0, 0.05) is 49.3 Å². The first-order valence-corrected chi connectivity index (χ1v) is 14.0. The van der Waals surface area contributed by atoms with E-state index in [1.807, 2.05) is 31.3 Å². The zero-order valence-electron chi connectivity index (χ0n) is 23.7. The van der Waals surface area contributed by atoms with Crippen molar-refractivity contribution >= 4 is 28.9 Å². The van der Waals surface area contributed by atoms with Gasteiger partial charge in [0.2, 0.25) is 11.9 Å². The third-order valence-corrected chi connectivity index (χ3v) is 8.03. The lowest BCUT2D eigenvalue weighted by Crippen LogP contribution is -2.44. The van der Waals surface area contributed by atoms with E-state index in [4.69, 9.17) is 4.74 Å². The molecule has 1 fully saturated rings. The van der Waals surface area contributed by atoms with E-state index >= 15 is 0 Å². The summed E-state index contributed by atoms with van der Waals surface area (Å²) in [6.45, 7) is 2.51. The third-order valence-electron chi connectivity index (χ3n) is 8.03. The second kappa shape index (κ2) is 12.5. The number of nitrogens with one attached hydrogen (secondary N) is 2. The summed E-state index contributed by atoms with van der Waals surface area (Å²) in [5.74, 6) is 0.429. The molecule has 3 N–H and O–H groups in total. The molecule has 42 heavy (non-hydrogen) atoms. The predicted octanol–water partition coefficient (Wildman–Crippen LogP) is 4.42. The van der Waals surface area contributed by atoms with Crippen LogP contribution in [0.1, 0.15) is 35.2 Å².